The summed E-state index contributed by atoms with van der Waals surface area (Å²) in [7, 11) is 1.50. The predicted octanol–water partition coefficient (Wildman–Crippen LogP) is 1.76. The van der Waals surface area contributed by atoms with Crippen LogP contribution in [0.15, 0.2) is 16.3 Å². The van der Waals surface area contributed by atoms with Crippen LogP contribution in [0, 0.1) is 0 Å². The minimum atomic E-state index is -3.71. The molecule has 0 bridgehead atoms. The Morgan fingerprint density at radius 2 is 2.21 bits per heavy atom. The molecule has 0 fully saturated rings. The number of carbonyl (C=O) groups excluding carboxylic acids is 1. The van der Waals surface area contributed by atoms with Gasteiger partial charge in [0.25, 0.3) is 9.05 Å². The van der Waals surface area contributed by atoms with E-state index in [0.29, 0.717) is 18.0 Å². The molecule has 1 aromatic rings. The maximum absolute atomic E-state index is 11.6. The molecule has 1 amide bonds. The van der Waals surface area contributed by atoms with E-state index in [9.17, 15) is 13.2 Å². The number of halogens is 1. The number of rotatable bonds is 7. The molecule has 0 aliphatic rings. The van der Waals surface area contributed by atoms with Crippen LogP contribution in [0.1, 0.15) is 18.7 Å². The minimum Gasteiger partial charge on any atom is -0.377 e. The minimum absolute atomic E-state index is 0.0453. The third kappa shape index (κ3) is 5.90. The standard InChI is InChI=1S/C11H16ClNO4S2/c1-3-17-8(2)7-13-10(14)6-9-4-5-11(18-9)19(12,15)16/h4-5,8H,3,6-7H2,1-2H3,(H,13,14). The number of thiophene rings is 1. The number of carbonyl (C=O) groups is 1. The summed E-state index contributed by atoms with van der Waals surface area (Å²) in [5.41, 5.74) is 0. The van der Waals surface area contributed by atoms with Crippen molar-refractivity contribution in [3.63, 3.8) is 0 Å². The van der Waals surface area contributed by atoms with Crippen LogP contribution in [0.4, 0.5) is 0 Å². The van der Waals surface area contributed by atoms with E-state index >= 15 is 0 Å². The predicted molar refractivity (Wildman–Crippen MR) is 75.2 cm³/mol. The van der Waals surface area contributed by atoms with Crippen molar-refractivity contribution in [1.82, 2.24) is 5.32 Å². The zero-order valence-corrected chi connectivity index (χ0v) is 13.1. The van der Waals surface area contributed by atoms with Crippen molar-refractivity contribution < 1.29 is 17.9 Å². The van der Waals surface area contributed by atoms with Crippen LogP contribution in [-0.2, 0) is 25.0 Å². The molecule has 1 aromatic heterocycles. The van der Waals surface area contributed by atoms with Gasteiger partial charge in [-0.1, -0.05) is 0 Å². The van der Waals surface area contributed by atoms with Gasteiger partial charge in [0.05, 0.1) is 12.5 Å². The molecule has 108 valence electrons. The lowest BCUT2D eigenvalue weighted by Crippen LogP contribution is -2.32. The summed E-state index contributed by atoms with van der Waals surface area (Å²) in [4.78, 5) is 12.3. The van der Waals surface area contributed by atoms with Crippen LogP contribution in [0.5, 0.6) is 0 Å². The molecule has 19 heavy (non-hydrogen) atoms. The maximum atomic E-state index is 11.6. The first-order chi connectivity index (χ1) is 8.82. The average molecular weight is 326 g/mol. The fourth-order valence-electron chi connectivity index (χ4n) is 1.41. The molecule has 5 nitrogen and oxygen atoms in total. The van der Waals surface area contributed by atoms with E-state index < -0.39 is 9.05 Å². The Hall–Kier alpha value is -0.630. The van der Waals surface area contributed by atoms with Gasteiger partial charge in [-0.2, -0.15) is 0 Å². The zero-order chi connectivity index (χ0) is 14.5. The molecular weight excluding hydrogens is 310 g/mol. The summed E-state index contributed by atoms with van der Waals surface area (Å²) in [5, 5.41) is 2.72. The summed E-state index contributed by atoms with van der Waals surface area (Å²) >= 11 is 1.00. The molecule has 0 saturated heterocycles. The quantitative estimate of drug-likeness (QED) is 0.775. The molecule has 1 heterocycles. The van der Waals surface area contributed by atoms with Crippen LogP contribution in [0.25, 0.3) is 0 Å². The number of amides is 1. The summed E-state index contributed by atoms with van der Waals surface area (Å²) < 4.78 is 27.5. The van der Waals surface area contributed by atoms with Gasteiger partial charge in [-0.15, -0.1) is 11.3 Å². The molecule has 1 unspecified atom stereocenters. The van der Waals surface area contributed by atoms with E-state index in [4.69, 9.17) is 15.4 Å². The van der Waals surface area contributed by atoms with Crippen LogP contribution >= 0.6 is 22.0 Å². The second-order valence-electron chi connectivity index (χ2n) is 3.91. The van der Waals surface area contributed by atoms with Crippen LogP contribution in [0.3, 0.4) is 0 Å². The van der Waals surface area contributed by atoms with E-state index in [-0.39, 0.29) is 22.6 Å². The van der Waals surface area contributed by atoms with Gasteiger partial charge in [-0.3, -0.25) is 4.79 Å². The molecule has 0 aliphatic carbocycles. The van der Waals surface area contributed by atoms with E-state index in [2.05, 4.69) is 5.32 Å². The lowest BCUT2D eigenvalue weighted by Gasteiger charge is -2.12. The van der Waals surface area contributed by atoms with Gasteiger partial charge in [0.2, 0.25) is 5.91 Å². The number of hydrogen-bond acceptors (Lipinski definition) is 5. The highest BCUT2D eigenvalue weighted by Gasteiger charge is 2.14. The highest BCUT2D eigenvalue weighted by atomic mass is 35.7. The van der Waals surface area contributed by atoms with Gasteiger partial charge >= 0.3 is 0 Å². The van der Waals surface area contributed by atoms with Gasteiger partial charge in [0.1, 0.15) is 4.21 Å². The van der Waals surface area contributed by atoms with Crippen molar-refractivity contribution in [1.29, 1.82) is 0 Å². The number of hydrogen-bond donors (Lipinski definition) is 1. The second-order valence-corrected chi connectivity index (χ2v) is 7.87. The van der Waals surface area contributed by atoms with Crippen molar-refractivity contribution >= 4 is 37.0 Å². The Morgan fingerprint density at radius 1 is 1.53 bits per heavy atom. The molecule has 0 spiro atoms. The van der Waals surface area contributed by atoms with Gasteiger partial charge in [-0.05, 0) is 26.0 Å². The average Bonchev–Trinajstić information content (AvgIpc) is 2.75. The van der Waals surface area contributed by atoms with Crippen molar-refractivity contribution in [2.24, 2.45) is 0 Å². The van der Waals surface area contributed by atoms with Gasteiger partial charge in [0, 0.05) is 28.7 Å². The van der Waals surface area contributed by atoms with Crippen LogP contribution < -0.4 is 5.32 Å². The van der Waals surface area contributed by atoms with Gasteiger partial charge in [-0.25, -0.2) is 8.42 Å². The Kier molecular flexibility index (Phi) is 6.25. The second kappa shape index (κ2) is 7.23. The first kappa shape index (κ1) is 16.4. The van der Waals surface area contributed by atoms with Crippen LogP contribution in [0.2, 0.25) is 0 Å². The van der Waals surface area contributed by atoms with E-state index in [1.54, 1.807) is 6.07 Å². The van der Waals surface area contributed by atoms with Crippen molar-refractivity contribution in [2.45, 2.75) is 30.6 Å². The number of ether oxygens (including phenoxy) is 1. The molecule has 0 saturated carbocycles. The summed E-state index contributed by atoms with van der Waals surface area (Å²) in [6.07, 6.45) is 0.0895. The normalized spacial score (nSPS) is 13.2. The molecule has 1 atom stereocenters. The highest BCUT2D eigenvalue weighted by molar-refractivity contribution is 8.15. The third-order valence-corrected chi connectivity index (χ3v) is 5.43. The topological polar surface area (TPSA) is 72.5 Å². The zero-order valence-electron chi connectivity index (χ0n) is 10.7. The highest BCUT2D eigenvalue weighted by Crippen LogP contribution is 2.24. The fourth-order valence-corrected chi connectivity index (χ4v) is 3.53. The first-order valence-electron chi connectivity index (χ1n) is 5.74. The molecule has 1 N–H and O–H groups in total. The lowest BCUT2D eigenvalue weighted by molar-refractivity contribution is -0.121. The lowest BCUT2D eigenvalue weighted by atomic mass is 10.3. The smallest absolute Gasteiger partial charge is 0.270 e. The van der Waals surface area contributed by atoms with Gasteiger partial charge < -0.3 is 10.1 Å². The van der Waals surface area contributed by atoms with E-state index in [1.807, 2.05) is 13.8 Å². The molecule has 1 rings (SSSR count). The number of nitrogens with one attached hydrogen (secondary N) is 1. The Balaban J connectivity index is 2.47. The summed E-state index contributed by atoms with van der Waals surface area (Å²) in [5.74, 6) is -0.174. The van der Waals surface area contributed by atoms with E-state index in [0.717, 1.165) is 11.3 Å². The fraction of sp³-hybridized carbons (Fsp3) is 0.545. The third-order valence-electron chi connectivity index (χ3n) is 2.25. The van der Waals surface area contributed by atoms with E-state index in [1.165, 1.54) is 6.07 Å². The summed E-state index contributed by atoms with van der Waals surface area (Å²) in [6, 6.07) is 2.99. The molecule has 0 aromatic carbocycles. The van der Waals surface area contributed by atoms with Crippen molar-refractivity contribution in [3.8, 4) is 0 Å². The van der Waals surface area contributed by atoms with Gasteiger partial charge in [0.15, 0.2) is 0 Å². The molecule has 0 radical (unpaired) electrons. The van der Waals surface area contributed by atoms with Crippen molar-refractivity contribution in [2.75, 3.05) is 13.2 Å². The SMILES string of the molecule is CCOC(C)CNC(=O)Cc1ccc(S(=O)(=O)Cl)s1. The molecule has 0 aliphatic heterocycles. The first-order valence-corrected chi connectivity index (χ1v) is 8.87. The van der Waals surface area contributed by atoms with Crippen molar-refractivity contribution in [3.05, 3.63) is 17.0 Å². The monoisotopic (exact) mass is 325 g/mol. The van der Waals surface area contributed by atoms with Crippen LogP contribution in [-0.4, -0.2) is 33.6 Å². The maximum Gasteiger partial charge on any atom is 0.270 e. The Morgan fingerprint density at radius 3 is 2.74 bits per heavy atom. The molecular formula is C11H16ClNO4S2. The molecule has 8 heteroatoms. The Bertz CT molecular complexity index is 527. The summed E-state index contributed by atoms with van der Waals surface area (Å²) in [6.45, 7) is 4.78. The Labute approximate surface area is 121 Å². The largest absolute Gasteiger partial charge is 0.377 e.